The maximum absolute atomic E-state index is 10.9. The number of amides is 1. The van der Waals surface area contributed by atoms with Gasteiger partial charge >= 0.3 is 0 Å². The maximum atomic E-state index is 10.9. The zero-order valence-electron chi connectivity index (χ0n) is 7.21. The van der Waals surface area contributed by atoms with Crippen molar-refractivity contribution in [3.8, 4) is 6.07 Å². The summed E-state index contributed by atoms with van der Waals surface area (Å²) in [6, 6.07) is 1.84. The van der Waals surface area contributed by atoms with Gasteiger partial charge in [0, 0.05) is 13.2 Å². The fourth-order valence-corrected chi connectivity index (χ4v) is 0.660. The van der Waals surface area contributed by atoms with Gasteiger partial charge in [-0.1, -0.05) is 0 Å². The molecular weight excluding hydrogens is 156 g/mol. The smallest absolute Gasteiger partial charge is 0.237 e. The lowest BCUT2D eigenvalue weighted by atomic mass is 10.2. The molecule has 68 valence electrons. The van der Waals surface area contributed by atoms with Crippen LogP contribution in [0.25, 0.3) is 0 Å². The number of aliphatic hydroxyl groups excluding tert-OH is 1. The molecule has 0 bridgehead atoms. The summed E-state index contributed by atoms with van der Waals surface area (Å²) >= 11 is 0. The number of rotatable bonds is 5. The largest absolute Gasteiger partial charge is 0.396 e. The van der Waals surface area contributed by atoms with Crippen molar-refractivity contribution < 1.29 is 9.90 Å². The fourth-order valence-electron chi connectivity index (χ4n) is 0.660. The third-order valence-electron chi connectivity index (χ3n) is 1.47. The Bertz CT molecular complexity index is 174. The van der Waals surface area contributed by atoms with Crippen LogP contribution >= 0.6 is 0 Å². The van der Waals surface area contributed by atoms with Crippen LogP contribution in [0, 0.1) is 17.2 Å². The van der Waals surface area contributed by atoms with Crippen LogP contribution in [0.5, 0.6) is 0 Å². The Morgan fingerprint density at radius 2 is 2.33 bits per heavy atom. The minimum absolute atomic E-state index is 0.143. The van der Waals surface area contributed by atoms with Gasteiger partial charge in [0.15, 0.2) is 0 Å². The third-order valence-corrected chi connectivity index (χ3v) is 1.47. The first kappa shape index (κ1) is 10.9. The zero-order chi connectivity index (χ0) is 9.40. The van der Waals surface area contributed by atoms with Crippen molar-refractivity contribution in [3.63, 3.8) is 0 Å². The molecule has 0 saturated heterocycles. The second kappa shape index (κ2) is 6.62. The Hall–Kier alpha value is -1.08. The SMILES string of the molecule is CC(C#N)C(=O)NCCCCO. The average molecular weight is 170 g/mol. The first-order chi connectivity index (χ1) is 5.72. The maximum Gasteiger partial charge on any atom is 0.237 e. The van der Waals surface area contributed by atoms with E-state index >= 15 is 0 Å². The van der Waals surface area contributed by atoms with Crippen molar-refractivity contribution in [1.82, 2.24) is 5.32 Å². The van der Waals surface area contributed by atoms with Crippen LogP contribution in [0.4, 0.5) is 0 Å². The summed E-state index contributed by atoms with van der Waals surface area (Å²) in [5.74, 6) is -0.824. The number of aliphatic hydroxyl groups is 1. The normalized spacial score (nSPS) is 11.8. The van der Waals surface area contributed by atoms with Crippen molar-refractivity contribution in [2.75, 3.05) is 13.2 Å². The molecule has 0 aromatic carbocycles. The van der Waals surface area contributed by atoms with Crippen LogP contribution in [-0.4, -0.2) is 24.2 Å². The number of hydrogen-bond acceptors (Lipinski definition) is 3. The van der Waals surface area contributed by atoms with Crippen LogP contribution in [0.2, 0.25) is 0 Å². The van der Waals surface area contributed by atoms with Gasteiger partial charge in [0.1, 0.15) is 5.92 Å². The van der Waals surface area contributed by atoms with Gasteiger partial charge in [0.05, 0.1) is 6.07 Å². The predicted octanol–water partition coefficient (Wildman–Crippen LogP) is 0.0348. The van der Waals surface area contributed by atoms with Gasteiger partial charge in [-0.25, -0.2) is 0 Å². The topological polar surface area (TPSA) is 73.1 Å². The number of nitrogens with zero attached hydrogens (tertiary/aromatic N) is 1. The Kier molecular flexibility index (Phi) is 6.02. The lowest BCUT2D eigenvalue weighted by molar-refractivity contribution is -0.122. The van der Waals surface area contributed by atoms with E-state index < -0.39 is 5.92 Å². The molecule has 0 aromatic rings. The van der Waals surface area contributed by atoms with Crippen LogP contribution in [0.3, 0.4) is 0 Å². The Balaban J connectivity index is 3.39. The first-order valence-electron chi connectivity index (χ1n) is 4.00. The zero-order valence-corrected chi connectivity index (χ0v) is 7.21. The molecule has 1 amide bonds. The molecule has 0 aliphatic heterocycles. The van der Waals surface area contributed by atoms with Gasteiger partial charge in [-0.2, -0.15) is 5.26 Å². The number of unbranched alkanes of at least 4 members (excludes halogenated alkanes) is 1. The first-order valence-corrected chi connectivity index (χ1v) is 4.00. The quantitative estimate of drug-likeness (QED) is 0.572. The molecule has 4 heteroatoms. The van der Waals surface area contributed by atoms with Crippen LogP contribution in [0.15, 0.2) is 0 Å². The lowest BCUT2D eigenvalue weighted by Crippen LogP contribution is -2.29. The highest BCUT2D eigenvalue weighted by Crippen LogP contribution is 1.91. The third kappa shape index (κ3) is 4.69. The van der Waals surface area contributed by atoms with E-state index in [9.17, 15) is 4.79 Å². The van der Waals surface area contributed by atoms with E-state index in [2.05, 4.69) is 5.32 Å². The molecule has 1 atom stereocenters. The molecule has 0 radical (unpaired) electrons. The molecule has 4 nitrogen and oxygen atoms in total. The molecule has 1 unspecified atom stereocenters. The fraction of sp³-hybridized carbons (Fsp3) is 0.750. The summed E-state index contributed by atoms with van der Waals surface area (Å²) in [6.07, 6.45) is 1.43. The van der Waals surface area contributed by atoms with Crippen molar-refractivity contribution in [2.45, 2.75) is 19.8 Å². The number of hydrogen-bond donors (Lipinski definition) is 2. The number of nitrogens with one attached hydrogen (secondary N) is 1. The highest BCUT2D eigenvalue weighted by molar-refractivity contribution is 5.80. The van der Waals surface area contributed by atoms with E-state index in [1.165, 1.54) is 0 Å². The molecule has 0 aliphatic rings. The van der Waals surface area contributed by atoms with E-state index in [1.54, 1.807) is 6.92 Å². The van der Waals surface area contributed by atoms with Gasteiger partial charge in [0.25, 0.3) is 0 Å². The van der Waals surface area contributed by atoms with Gasteiger partial charge < -0.3 is 10.4 Å². The molecular formula is C8H14N2O2. The second-order valence-corrected chi connectivity index (χ2v) is 2.57. The predicted molar refractivity (Wildman–Crippen MR) is 44.1 cm³/mol. The summed E-state index contributed by atoms with van der Waals surface area (Å²) in [4.78, 5) is 10.9. The molecule has 0 heterocycles. The van der Waals surface area contributed by atoms with Crippen molar-refractivity contribution in [1.29, 1.82) is 5.26 Å². The van der Waals surface area contributed by atoms with E-state index in [4.69, 9.17) is 10.4 Å². The summed E-state index contributed by atoms with van der Waals surface area (Å²) in [5, 5.41) is 19.4. The molecule has 0 aliphatic carbocycles. The van der Waals surface area contributed by atoms with Crippen LogP contribution < -0.4 is 5.32 Å². The molecule has 0 fully saturated rings. The average Bonchev–Trinajstić information content (AvgIpc) is 2.10. The van der Waals surface area contributed by atoms with Gasteiger partial charge in [0.2, 0.25) is 5.91 Å². The molecule has 0 rings (SSSR count). The van der Waals surface area contributed by atoms with E-state index in [0.29, 0.717) is 13.0 Å². The molecule has 12 heavy (non-hydrogen) atoms. The monoisotopic (exact) mass is 170 g/mol. The van der Waals surface area contributed by atoms with E-state index in [-0.39, 0.29) is 12.5 Å². The number of carbonyl (C=O) groups excluding carboxylic acids is 1. The Morgan fingerprint density at radius 3 is 2.83 bits per heavy atom. The minimum atomic E-state index is -0.584. The highest BCUT2D eigenvalue weighted by Gasteiger charge is 2.09. The minimum Gasteiger partial charge on any atom is -0.396 e. The highest BCUT2D eigenvalue weighted by atomic mass is 16.2. The Labute approximate surface area is 72.2 Å². The number of nitriles is 1. The van der Waals surface area contributed by atoms with Crippen molar-refractivity contribution in [2.24, 2.45) is 5.92 Å². The van der Waals surface area contributed by atoms with Crippen LogP contribution in [-0.2, 0) is 4.79 Å². The van der Waals surface area contributed by atoms with Gasteiger partial charge in [-0.15, -0.1) is 0 Å². The lowest BCUT2D eigenvalue weighted by Gasteiger charge is -2.04. The summed E-state index contributed by atoms with van der Waals surface area (Å²) < 4.78 is 0. The second-order valence-electron chi connectivity index (χ2n) is 2.57. The van der Waals surface area contributed by atoms with Crippen LogP contribution in [0.1, 0.15) is 19.8 Å². The molecule has 0 aromatic heterocycles. The summed E-state index contributed by atoms with van der Waals surface area (Å²) in [6.45, 7) is 2.23. The molecule has 0 saturated carbocycles. The van der Waals surface area contributed by atoms with Crippen molar-refractivity contribution in [3.05, 3.63) is 0 Å². The van der Waals surface area contributed by atoms with E-state index in [0.717, 1.165) is 6.42 Å². The standard InChI is InChI=1S/C8H14N2O2/c1-7(6-9)8(12)10-4-2-3-5-11/h7,11H,2-5H2,1H3,(H,10,12). The van der Waals surface area contributed by atoms with Gasteiger partial charge in [-0.05, 0) is 19.8 Å². The van der Waals surface area contributed by atoms with Gasteiger partial charge in [-0.3, -0.25) is 4.79 Å². The molecule has 0 spiro atoms. The molecule has 2 N–H and O–H groups in total. The van der Waals surface area contributed by atoms with E-state index in [1.807, 2.05) is 6.07 Å². The van der Waals surface area contributed by atoms with Crippen molar-refractivity contribution >= 4 is 5.91 Å². The number of carbonyl (C=O) groups is 1. The summed E-state index contributed by atoms with van der Waals surface area (Å²) in [7, 11) is 0. The summed E-state index contributed by atoms with van der Waals surface area (Å²) in [5.41, 5.74) is 0. The Morgan fingerprint density at radius 1 is 1.67 bits per heavy atom.